The molecule has 3 rings (SSSR count). The van der Waals surface area contributed by atoms with Gasteiger partial charge in [-0.15, -0.1) is 0 Å². The monoisotopic (exact) mass is 309 g/mol. The topological polar surface area (TPSA) is 99.2 Å². The molecule has 1 aromatic heterocycles. The lowest BCUT2D eigenvalue weighted by Gasteiger charge is -2.07. The van der Waals surface area contributed by atoms with Crippen LogP contribution in [0.1, 0.15) is 11.1 Å². The van der Waals surface area contributed by atoms with Crippen molar-refractivity contribution in [3.63, 3.8) is 0 Å². The molecule has 0 unspecified atom stereocenters. The molecule has 0 spiro atoms. The zero-order chi connectivity index (χ0) is 16.4. The summed E-state index contributed by atoms with van der Waals surface area (Å²) < 4.78 is 0. The number of hydrogen-bond acceptors (Lipinski definition) is 5. The summed E-state index contributed by atoms with van der Waals surface area (Å²) in [5.41, 5.74) is 1.57. The normalized spacial score (nSPS) is 10.6. The van der Waals surface area contributed by atoms with Crippen molar-refractivity contribution in [1.82, 2.24) is 4.98 Å². The first-order chi connectivity index (χ1) is 11.1. The maximum Gasteiger partial charge on any atom is 0.279 e. The Kier molecular flexibility index (Phi) is 3.68. The van der Waals surface area contributed by atoms with Gasteiger partial charge in [-0.3, -0.25) is 25.2 Å². The third kappa shape index (κ3) is 2.84. The zero-order valence-corrected chi connectivity index (χ0v) is 11.9. The number of aromatic nitrogens is 1. The maximum absolute atomic E-state index is 11.2. The van der Waals surface area contributed by atoms with E-state index in [1.165, 1.54) is 12.1 Å². The molecule has 0 saturated carbocycles. The minimum absolute atomic E-state index is 0.250. The van der Waals surface area contributed by atoms with Crippen molar-refractivity contribution >= 4 is 22.3 Å². The number of hydrogen-bond donors (Lipinski definition) is 0. The highest BCUT2D eigenvalue weighted by Gasteiger charge is 2.20. The molecule has 3 aromatic rings. The number of nitro groups is 2. The standard InChI is InChI=1S/C16H11N3O4/c20-18(21)13-6-5-12(16(10-13)19(22)23)9-11-7-8-17-15-4-2-1-3-14(11)15/h1-8,10H,9H2. The zero-order valence-electron chi connectivity index (χ0n) is 11.9. The van der Waals surface area contributed by atoms with Crippen LogP contribution < -0.4 is 0 Å². The highest BCUT2D eigenvalue weighted by Crippen LogP contribution is 2.28. The van der Waals surface area contributed by atoms with Crippen molar-refractivity contribution in [2.24, 2.45) is 0 Å². The first-order valence-corrected chi connectivity index (χ1v) is 6.80. The van der Waals surface area contributed by atoms with E-state index in [2.05, 4.69) is 4.98 Å². The molecule has 0 saturated heterocycles. The fourth-order valence-electron chi connectivity index (χ4n) is 2.50. The number of pyridine rings is 1. The van der Waals surface area contributed by atoms with E-state index in [0.717, 1.165) is 22.5 Å². The van der Waals surface area contributed by atoms with Gasteiger partial charge in [0.25, 0.3) is 11.4 Å². The Bertz CT molecular complexity index is 919. The summed E-state index contributed by atoms with van der Waals surface area (Å²) in [6, 6.07) is 13.0. The van der Waals surface area contributed by atoms with Crippen LogP contribution in [0.4, 0.5) is 11.4 Å². The van der Waals surface area contributed by atoms with E-state index in [1.807, 2.05) is 24.3 Å². The Morgan fingerprint density at radius 2 is 1.70 bits per heavy atom. The van der Waals surface area contributed by atoms with Crippen molar-refractivity contribution in [1.29, 1.82) is 0 Å². The Labute approximate surface area is 130 Å². The van der Waals surface area contributed by atoms with E-state index in [9.17, 15) is 20.2 Å². The lowest BCUT2D eigenvalue weighted by molar-refractivity contribution is -0.394. The molecule has 0 bridgehead atoms. The summed E-state index contributed by atoms with van der Waals surface area (Å²) in [6.45, 7) is 0. The molecule has 0 fully saturated rings. The van der Waals surface area contributed by atoms with Gasteiger partial charge in [0.05, 0.1) is 21.4 Å². The summed E-state index contributed by atoms with van der Waals surface area (Å²) in [6.07, 6.45) is 1.95. The molecule has 0 amide bonds. The summed E-state index contributed by atoms with van der Waals surface area (Å²) in [7, 11) is 0. The van der Waals surface area contributed by atoms with Crippen LogP contribution in [-0.4, -0.2) is 14.8 Å². The second-order valence-electron chi connectivity index (χ2n) is 4.99. The van der Waals surface area contributed by atoms with E-state index in [0.29, 0.717) is 12.0 Å². The third-order valence-corrected chi connectivity index (χ3v) is 3.60. The Morgan fingerprint density at radius 3 is 2.43 bits per heavy atom. The number of fused-ring (bicyclic) bond motifs is 1. The van der Waals surface area contributed by atoms with Crippen molar-refractivity contribution in [2.75, 3.05) is 0 Å². The minimum atomic E-state index is -0.640. The van der Waals surface area contributed by atoms with E-state index >= 15 is 0 Å². The lowest BCUT2D eigenvalue weighted by Crippen LogP contribution is -1.99. The number of nitrogens with zero attached hydrogens (tertiary/aromatic N) is 3. The molecule has 0 radical (unpaired) electrons. The molecule has 7 nitrogen and oxygen atoms in total. The molecule has 1 heterocycles. The van der Waals surface area contributed by atoms with Crippen LogP contribution in [0.3, 0.4) is 0 Å². The van der Waals surface area contributed by atoms with Crippen LogP contribution >= 0.6 is 0 Å². The molecule has 114 valence electrons. The average Bonchev–Trinajstić information content (AvgIpc) is 2.55. The van der Waals surface area contributed by atoms with Gasteiger partial charge >= 0.3 is 0 Å². The van der Waals surface area contributed by atoms with Gasteiger partial charge < -0.3 is 0 Å². The summed E-state index contributed by atoms with van der Waals surface area (Å²) >= 11 is 0. The molecule has 0 aliphatic rings. The molecular weight excluding hydrogens is 298 g/mol. The molecule has 0 aliphatic heterocycles. The van der Waals surface area contributed by atoms with Crippen molar-refractivity contribution in [2.45, 2.75) is 6.42 Å². The Morgan fingerprint density at radius 1 is 0.913 bits per heavy atom. The summed E-state index contributed by atoms with van der Waals surface area (Å²) in [4.78, 5) is 25.0. The average molecular weight is 309 g/mol. The minimum Gasteiger partial charge on any atom is -0.258 e. The summed E-state index contributed by atoms with van der Waals surface area (Å²) in [5.74, 6) is 0. The summed E-state index contributed by atoms with van der Waals surface area (Å²) in [5, 5.41) is 22.9. The van der Waals surface area contributed by atoms with Crippen LogP contribution in [-0.2, 0) is 6.42 Å². The van der Waals surface area contributed by atoms with Crippen LogP contribution in [0.25, 0.3) is 10.9 Å². The van der Waals surface area contributed by atoms with E-state index < -0.39 is 9.85 Å². The number of nitro benzene ring substituents is 2. The second-order valence-corrected chi connectivity index (χ2v) is 4.99. The van der Waals surface area contributed by atoms with Gasteiger partial charge in [-0.2, -0.15) is 0 Å². The predicted molar refractivity (Wildman–Crippen MR) is 84.3 cm³/mol. The van der Waals surface area contributed by atoms with E-state index in [4.69, 9.17) is 0 Å². The number of rotatable bonds is 4. The first-order valence-electron chi connectivity index (χ1n) is 6.80. The molecule has 7 heteroatoms. The van der Waals surface area contributed by atoms with Crippen molar-refractivity contribution in [3.05, 3.63) is 86.1 Å². The molecule has 0 atom stereocenters. The number of non-ortho nitro benzene ring substituents is 1. The number of benzene rings is 2. The smallest absolute Gasteiger partial charge is 0.258 e. The van der Waals surface area contributed by atoms with E-state index in [1.54, 1.807) is 12.3 Å². The molecule has 23 heavy (non-hydrogen) atoms. The van der Waals surface area contributed by atoms with Gasteiger partial charge in [0.1, 0.15) is 0 Å². The second kappa shape index (κ2) is 5.80. The fraction of sp³-hybridized carbons (Fsp3) is 0.0625. The fourth-order valence-corrected chi connectivity index (χ4v) is 2.50. The van der Waals surface area contributed by atoms with Crippen LogP contribution in [0, 0.1) is 20.2 Å². The first kappa shape index (κ1) is 14.6. The van der Waals surface area contributed by atoms with Gasteiger partial charge in [-0.05, 0) is 23.8 Å². The Balaban J connectivity index is 2.08. The van der Waals surface area contributed by atoms with Crippen LogP contribution in [0.15, 0.2) is 54.7 Å². The molecule has 0 aliphatic carbocycles. The van der Waals surface area contributed by atoms with Gasteiger partial charge in [-0.1, -0.05) is 18.2 Å². The van der Waals surface area contributed by atoms with Gasteiger partial charge in [0.15, 0.2) is 0 Å². The number of para-hydroxylation sites is 1. The van der Waals surface area contributed by atoms with Gasteiger partial charge in [0.2, 0.25) is 0 Å². The van der Waals surface area contributed by atoms with Crippen molar-refractivity contribution in [3.8, 4) is 0 Å². The molecule has 0 N–H and O–H groups in total. The van der Waals surface area contributed by atoms with Crippen molar-refractivity contribution < 1.29 is 9.85 Å². The van der Waals surface area contributed by atoms with Gasteiger partial charge in [-0.25, -0.2) is 0 Å². The quantitative estimate of drug-likeness (QED) is 0.541. The Hall–Kier alpha value is -3.35. The largest absolute Gasteiger partial charge is 0.279 e. The molecular formula is C16H11N3O4. The third-order valence-electron chi connectivity index (χ3n) is 3.60. The van der Waals surface area contributed by atoms with E-state index in [-0.39, 0.29) is 11.4 Å². The SMILES string of the molecule is O=[N+]([O-])c1ccc(Cc2ccnc3ccccc23)c([N+](=O)[O-])c1. The maximum atomic E-state index is 11.2. The predicted octanol–water partition coefficient (Wildman–Crippen LogP) is 3.64. The molecule has 2 aromatic carbocycles. The van der Waals surface area contributed by atoms with Crippen LogP contribution in [0.2, 0.25) is 0 Å². The van der Waals surface area contributed by atoms with Crippen LogP contribution in [0.5, 0.6) is 0 Å². The van der Waals surface area contributed by atoms with Gasteiger partial charge in [0, 0.05) is 29.6 Å². The lowest BCUT2D eigenvalue weighted by atomic mass is 10.00. The highest BCUT2D eigenvalue weighted by molar-refractivity contribution is 5.82. The highest BCUT2D eigenvalue weighted by atomic mass is 16.6.